The van der Waals surface area contributed by atoms with Gasteiger partial charge in [-0.25, -0.2) is 8.78 Å². The van der Waals surface area contributed by atoms with Crippen LogP contribution in [0.5, 0.6) is 0 Å². The van der Waals surface area contributed by atoms with E-state index in [2.05, 4.69) is 5.32 Å². The van der Waals surface area contributed by atoms with E-state index < -0.39 is 17.3 Å². The lowest BCUT2D eigenvalue weighted by atomic mass is 10.1. The summed E-state index contributed by atoms with van der Waals surface area (Å²) in [5.74, 6) is 0.244. The minimum absolute atomic E-state index is 0.0242. The van der Waals surface area contributed by atoms with Gasteiger partial charge in [0.1, 0.15) is 0 Å². The van der Waals surface area contributed by atoms with Crippen LogP contribution < -0.4 is 5.32 Å². The number of benzene rings is 2. The number of unbranched alkanes of at least 4 members (excludes halogenated alkanes) is 8. The Morgan fingerprint density at radius 3 is 1.88 bits per heavy atom. The van der Waals surface area contributed by atoms with Crippen LogP contribution >= 0.6 is 11.8 Å². The van der Waals surface area contributed by atoms with Gasteiger partial charge in [-0.15, -0.1) is 11.8 Å². The summed E-state index contributed by atoms with van der Waals surface area (Å²) in [4.78, 5) is 11.3. The van der Waals surface area contributed by atoms with Crippen molar-refractivity contribution in [3.05, 3.63) is 66.2 Å². The quantitative estimate of drug-likeness (QED) is 0.202. The molecule has 0 heterocycles. The molecule has 0 saturated carbocycles. The first-order valence-corrected chi connectivity index (χ1v) is 12.6. The van der Waals surface area contributed by atoms with E-state index in [1.54, 1.807) is 24.3 Å². The minimum atomic E-state index is -2.17. The Labute approximate surface area is 195 Å². The summed E-state index contributed by atoms with van der Waals surface area (Å²) in [6.07, 6.45) is 6.85. The molecule has 0 spiro atoms. The molecule has 2 aromatic rings. The molecule has 2 aromatic carbocycles. The second-order valence-electron chi connectivity index (χ2n) is 8.04. The number of carbonyl (C=O) groups is 1. The van der Waals surface area contributed by atoms with Crippen LogP contribution in [0.15, 0.2) is 60.7 Å². The molecule has 0 radical (unpaired) electrons. The Bertz CT molecular complexity index is 761. The molecule has 2 rings (SSSR count). The van der Waals surface area contributed by atoms with E-state index in [9.17, 15) is 18.7 Å². The summed E-state index contributed by atoms with van der Waals surface area (Å²) >= 11 is 1.27. The van der Waals surface area contributed by atoms with Gasteiger partial charge in [0.25, 0.3) is 5.91 Å². The van der Waals surface area contributed by atoms with Crippen molar-refractivity contribution in [2.45, 2.75) is 75.6 Å². The lowest BCUT2D eigenvalue weighted by molar-refractivity contribution is -0.126. The molecule has 0 aromatic heterocycles. The van der Waals surface area contributed by atoms with E-state index in [4.69, 9.17) is 0 Å². The standard InChI is InChI=1S/C26H35F2NO2S/c27-24(28)20-14-6-4-2-1-3-5-7-15-21-32-26(31,22-16-10-8-11-17-22)25(30)29-23-18-12-9-13-19-23/h8-13,16-19,24,31H,1-7,14-15,20-21H2,(H,29,30). The Balaban J connectivity index is 1.70. The van der Waals surface area contributed by atoms with Crippen LogP contribution in [0.25, 0.3) is 0 Å². The highest BCUT2D eigenvalue weighted by Gasteiger charge is 2.38. The van der Waals surface area contributed by atoms with Gasteiger partial charge in [0, 0.05) is 17.7 Å². The van der Waals surface area contributed by atoms with Crippen LogP contribution in [0, 0.1) is 0 Å². The first-order chi connectivity index (χ1) is 15.5. The Morgan fingerprint density at radius 1 is 0.812 bits per heavy atom. The smallest absolute Gasteiger partial charge is 0.271 e. The lowest BCUT2D eigenvalue weighted by Crippen LogP contribution is -2.37. The number of nitrogens with one attached hydrogen (secondary N) is 1. The molecule has 1 amide bonds. The molecule has 0 aliphatic rings. The monoisotopic (exact) mass is 463 g/mol. The number of aliphatic hydroxyl groups is 1. The van der Waals surface area contributed by atoms with Crippen LogP contribution in [-0.2, 0) is 9.73 Å². The fourth-order valence-electron chi connectivity index (χ4n) is 3.54. The van der Waals surface area contributed by atoms with E-state index in [0.29, 0.717) is 23.4 Å². The molecular formula is C26H35F2NO2S. The molecule has 1 unspecified atom stereocenters. The zero-order valence-electron chi connectivity index (χ0n) is 18.6. The number of thioether (sulfide) groups is 1. The summed E-state index contributed by atoms with van der Waals surface area (Å²) in [7, 11) is 0. The predicted molar refractivity (Wildman–Crippen MR) is 130 cm³/mol. The maximum absolute atomic E-state index is 13.0. The lowest BCUT2D eigenvalue weighted by Gasteiger charge is -2.27. The van der Waals surface area contributed by atoms with Crippen molar-refractivity contribution < 1.29 is 18.7 Å². The maximum Gasteiger partial charge on any atom is 0.271 e. The van der Waals surface area contributed by atoms with E-state index in [1.165, 1.54) is 11.8 Å². The molecular weight excluding hydrogens is 428 g/mol. The van der Waals surface area contributed by atoms with Crippen molar-refractivity contribution in [1.29, 1.82) is 0 Å². The first-order valence-electron chi connectivity index (χ1n) is 11.6. The van der Waals surface area contributed by atoms with Gasteiger partial charge in [-0.1, -0.05) is 93.5 Å². The molecule has 32 heavy (non-hydrogen) atoms. The molecule has 6 heteroatoms. The zero-order chi connectivity index (χ0) is 23.1. The van der Waals surface area contributed by atoms with Crippen molar-refractivity contribution in [2.24, 2.45) is 0 Å². The van der Waals surface area contributed by atoms with E-state index in [1.807, 2.05) is 36.4 Å². The molecule has 3 nitrogen and oxygen atoms in total. The Morgan fingerprint density at radius 2 is 1.31 bits per heavy atom. The molecule has 0 aliphatic carbocycles. The van der Waals surface area contributed by atoms with Gasteiger partial charge in [-0.2, -0.15) is 0 Å². The van der Waals surface area contributed by atoms with Crippen LogP contribution in [0.1, 0.15) is 69.8 Å². The Hall–Kier alpha value is -1.92. The van der Waals surface area contributed by atoms with Crippen LogP contribution in [-0.4, -0.2) is 23.2 Å². The fraction of sp³-hybridized carbons (Fsp3) is 0.500. The first kappa shape index (κ1) is 26.3. The molecule has 1 atom stereocenters. The summed E-state index contributed by atoms with van der Waals surface area (Å²) < 4.78 is 24.2. The van der Waals surface area contributed by atoms with E-state index in [0.717, 1.165) is 51.4 Å². The van der Waals surface area contributed by atoms with Crippen molar-refractivity contribution in [2.75, 3.05) is 11.1 Å². The molecule has 0 aliphatic heterocycles. The molecule has 0 fully saturated rings. The third kappa shape index (κ3) is 9.70. The average Bonchev–Trinajstić information content (AvgIpc) is 2.80. The molecule has 176 valence electrons. The summed E-state index contributed by atoms with van der Waals surface area (Å²) in [6, 6.07) is 18.2. The second-order valence-corrected chi connectivity index (χ2v) is 9.33. The van der Waals surface area contributed by atoms with Gasteiger partial charge in [0.2, 0.25) is 11.4 Å². The third-order valence-corrected chi connectivity index (χ3v) is 6.71. The van der Waals surface area contributed by atoms with Crippen molar-refractivity contribution in [3.63, 3.8) is 0 Å². The van der Waals surface area contributed by atoms with Crippen LogP contribution in [0.2, 0.25) is 0 Å². The largest absolute Gasteiger partial charge is 0.367 e. The molecule has 2 N–H and O–H groups in total. The van der Waals surface area contributed by atoms with Gasteiger partial charge in [0.05, 0.1) is 0 Å². The Kier molecular flexibility index (Phi) is 12.4. The normalized spacial score (nSPS) is 13.1. The summed E-state index contributed by atoms with van der Waals surface area (Å²) in [6.45, 7) is 0. The van der Waals surface area contributed by atoms with Gasteiger partial charge in [-0.05, 0) is 30.7 Å². The average molecular weight is 464 g/mol. The number of para-hydroxylation sites is 1. The SMILES string of the molecule is O=C(Nc1ccccc1)C(O)(SCCCCCCCCCCCC(F)F)c1ccccc1. The van der Waals surface area contributed by atoms with Crippen molar-refractivity contribution in [3.8, 4) is 0 Å². The number of amides is 1. The number of hydrogen-bond donors (Lipinski definition) is 2. The van der Waals surface area contributed by atoms with Gasteiger partial charge in [0.15, 0.2) is 0 Å². The van der Waals surface area contributed by atoms with Gasteiger partial charge in [-0.3, -0.25) is 4.79 Å². The number of anilines is 1. The molecule has 0 saturated heterocycles. The highest BCUT2D eigenvalue weighted by molar-refractivity contribution is 8.00. The second kappa shape index (κ2) is 15.0. The van der Waals surface area contributed by atoms with E-state index >= 15 is 0 Å². The van der Waals surface area contributed by atoms with Crippen molar-refractivity contribution >= 4 is 23.4 Å². The minimum Gasteiger partial charge on any atom is -0.367 e. The zero-order valence-corrected chi connectivity index (χ0v) is 19.5. The summed E-state index contributed by atoms with van der Waals surface area (Å²) in [5.41, 5.74) is 1.23. The van der Waals surface area contributed by atoms with Crippen LogP contribution in [0.4, 0.5) is 14.5 Å². The number of rotatable bonds is 16. The predicted octanol–water partition coefficient (Wildman–Crippen LogP) is 7.37. The highest BCUT2D eigenvalue weighted by Crippen LogP contribution is 2.36. The van der Waals surface area contributed by atoms with Crippen LogP contribution in [0.3, 0.4) is 0 Å². The number of hydrogen-bond acceptors (Lipinski definition) is 3. The van der Waals surface area contributed by atoms with Crippen molar-refractivity contribution in [1.82, 2.24) is 0 Å². The third-order valence-electron chi connectivity index (χ3n) is 5.38. The number of halogens is 2. The van der Waals surface area contributed by atoms with Gasteiger partial charge >= 0.3 is 0 Å². The highest BCUT2D eigenvalue weighted by atomic mass is 32.2. The topological polar surface area (TPSA) is 49.3 Å². The maximum atomic E-state index is 13.0. The summed E-state index contributed by atoms with van der Waals surface area (Å²) in [5, 5.41) is 14.1. The number of carbonyl (C=O) groups excluding carboxylic acids is 1. The van der Waals surface area contributed by atoms with Gasteiger partial charge < -0.3 is 10.4 Å². The fourth-order valence-corrected chi connectivity index (χ4v) is 4.67. The van der Waals surface area contributed by atoms with E-state index in [-0.39, 0.29) is 6.42 Å². The number of alkyl halides is 2. The molecule has 0 bridgehead atoms.